The zero-order chi connectivity index (χ0) is 13.4. The minimum atomic E-state index is 0.502. The van der Waals surface area contributed by atoms with Crippen molar-refractivity contribution in [1.82, 2.24) is 9.97 Å². The molecule has 19 heavy (non-hydrogen) atoms. The van der Waals surface area contributed by atoms with Gasteiger partial charge >= 0.3 is 0 Å². The maximum absolute atomic E-state index is 5.49. The summed E-state index contributed by atoms with van der Waals surface area (Å²) in [5, 5.41) is 1.15. The Hall–Kier alpha value is -1.40. The lowest BCUT2D eigenvalue weighted by molar-refractivity contribution is 0.482. The standard InChI is InChI=1S/C13H19N5S/c1-8-5-3-4-6-18(8)11-10-7-9(2)19-12(10)16-13(15-11)17-14/h7-8H,3-6,14H2,1-2H3,(H,15,16,17). The molecule has 3 rings (SSSR count). The number of anilines is 2. The number of nitrogens with zero attached hydrogens (tertiary/aromatic N) is 3. The highest BCUT2D eigenvalue weighted by Crippen LogP contribution is 2.34. The predicted molar refractivity (Wildman–Crippen MR) is 80.6 cm³/mol. The van der Waals surface area contributed by atoms with Crippen molar-refractivity contribution < 1.29 is 0 Å². The molecule has 3 N–H and O–H groups in total. The van der Waals surface area contributed by atoms with Crippen molar-refractivity contribution in [3.63, 3.8) is 0 Å². The van der Waals surface area contributed by atoms with Crippen LogP contribution in [0.15, 0.2) is 6.07 Å². The summed E-state index contributed by atoms with van der Waals surface area (Å²) in [5.74, 6) is 7.02. The Kier molecular flexibility index (Phi) is 3.28. The van der Waals surface area contributed by atoms with E-state index < -0.39 is 0 Å². The maximum atomic E-state index is 5.49. The summed E-state index contributed by atoms with van der Waals surface area (Å²) in [7, 11) is 0. The molecular weight excluding hydrogens is 258 g/mol. The van der Waals surface area contributed by atoms with Crippen molar-refractivity contribution in [3.8, 4) is 0 Å². The maximum Gasteiger partial charge on any atom is 0.240 e. The summed E-state index contributed by atoms with van der Waals surface area (Å²) in [6, 6.07) is 2.70. The third-order valence-corrected chi connectivity index (χ3v) is 4.64. The number of aromatic nitrogens is 2. The molecule has 0 spiro atoms. The summed E-state index contributed by atoms with van der Waals surface area (Å²) >= 11 is 1.69. The zero-order valence-electron chi connectivity index (χ0n) is 11.3. The van der Waals surface area contributed by atoms with Gasteiger partial charge in [0, 0.05) is 17.5 Å². The van der Waals surface area contributed by atoms with Crippen molar-refractivity contribution in [2.75, 3.05) is 16.9 Å². The van der Waals surface area contributed by atoms with Crippen molar-refractivity contribution >= 4 is 33.3 Å². The molecule has 0 amide bonds. The van der Waals surface area contributed by atoms with Crippen LogP contribution >= 0.6 is 11.3 Å². The second-order valence-electron chi connectivity index (χ2n) is 5.13. The second-order valence-corrected chi connectivity index (χ2v) is 6.36. The average Bonchev–Trinajstić information content (AvgIpc) is 2.78. The number of hydrogen-bond acceptors (Lipinski definition) is 6. The fourth-order valence-electron chi connectivity index (χ4n) is 2.72. The van der Waals surface area contributed by atoms with Gasteiger partial charge in [-0.05, 0) is 39.2 Å². The fourth-order valence-corrected chi connectivity index (χ4v) is 3.60. The Morgan fingerprint density at radius 2 is 2.26 bits per heavy atom. The van der Waals surface area contributed by atoms with Crippen molar-refractivity contribution in [2.45, 2.75) is 39.2 Å². The summed E-state index contributed by atoms with van der Waals surface area (Å²) in [5.41, 5.74) is 2.58. The van der Waals surface area contributed by atoms with E-state index in [9.17, 15) is 0 Å². The molecule has 0 aliphatic carbocycles. The number of hydrogen-bond donors (Lipinski definition) is 2. The van der Waals surface area contributed by atoms with Crippen LogP contribution in [0.25, 0.3) is 10.2 Å². The molecule has 0 saturated carbocycles. The normalized spacial score (nSPS) is 19.9. The minimum Gasteiger partial charge on any atom is -0.353 e. The Bertz CT molecular complexity index is 594. The van der Waals surface area contributed by atoms with Crippen LogP contribution in [0.5, 0.6) is 0 Å². The summed E-state index contributed by atoms with van der Waals surface area (Å²) in [4.78, 5) is 13.7. The van der Waals surface area contributed by atoms with Gasteiger partial charge in [0.1, 0.15) is 10.6 Å². The van der Waals surface area contributed by atoms with Gasteiger partial charge in [0.05, 0.1) is 5.39 Å². The lowest BCUT2D eigenvalue weighted by Gasteiger charge is -2.34. The number of nitrogens with two attached hydrogens (primary N) is 1. The molecule has 2 aromatic heterocycles. The number of nitrogen functional groups attached to an aromatic ring is 1. The molecule has 1 unspecified atom stereocenters. The van der Waals surface area contributed by atoms with Crippen LogP contribution in [0.3, 0.4) is 0 Å². The van der Waals surface area contributed by atoms with Gasteiger partial charge in [0.2, 0.25) is 5.95 Å². The molecule has 3 heterocycles. The lowest BCUT2D eigenvalue weighted by atomic mass is 10.0. The largest absolute Gasteiger partial charge is 0.353 e. The number of thiophene rings is 1. The van der Waals surface area contributed by atoms with Gasteiger partial charge in [0.15, 0.2) is 0 Å². The van der Waals surface area contributed by atoms with E-state index in [4.69, 9.17) is 5.84 Å². The van der Waals surface area contributed by atoms with Crippen molar-refractivity contribution in [1.29, 1.82) is 0 Å². The Labute approximate surface area is 116 Å². The average molecular weight is 277 g/mol. The van der Waals surface area contributed by atoms with Gasteiger partial charge in [-0.25, -0.2) is 10.8 Å². The molecule has 0 aromatic carbocycles. The molecule has 1 saturated heterocycles. The molecule has 102 valence electrons. The molecule has 0 bridgehead atoms. The topological polar surface area (TPSA) is 67.1 Å². The zero-order valence-corrected chi connectivity index (χ0v) is 12.1. The van der Waals surface area contributed by atoms with E-state index in [2.05, 4.69) is 40.2 Å². The van der Waals surface area contributed by atoms with E-state index in [0.29, 0.717) is 12.0 Å². The van der Waals surface area contributed by atoms with Gasteiger partial charge in [-0.2, -0.15) is 4.98 Å². The summed E-state index contributed by atoms with van der Waals surface area (Å²) in [6.45, 7) is 5.43. The summed E-state index contributed by atoms with van der Waals surface area (Å²) < 4.78 is 0. The van der Waals surface area contributed by atoms with Crippen molar-refractivity contribution in [2.24, 2.45) is 5.84 Å². The number of nitrogens with one attached hydrogen (secondary N) is 1. The summed E-state index contributed by atoms with van der Waals surface area (Å²) in [6.07, 6.45) is 3.75. The first-order valence-corrected chi connectivity index (χ1v) is 7.52. The first-order valence-electron chi connectivity index (χ1n) is 6.70. The highest BCUT2D eigenvalue weighted by molar-refractivity contribution is 7.18. The van der Waals surface area contributed by atoms with Gasteiger partial charge in [-0.15, -0.1) is 11.3 Å². The first kappa shape index (κ1) is 12.6. The molecular formula is C13H19N5S. The van der Waals surface area contributed by atoms with Gasteiger partial charge in [-0.1, -0.05) is 0 Å². The third-order valence-electron chi connectivity index (χ3n) is 3.70. The van der Waals surface area contributed by atoms with Crippen LogP contribution < -0.4 is 16.2 Å². The Morgan fingerprint density at radius 3 is 3.00 bits per heavy atom. The molecule has 1 aliphatic heterocycles. The fraction of sp³-hybridized carbons (Fsp3) is 0.538. The van der Waals surface area contributed by atoms with Crippen LogP contribution in [0.4, 0.5) is 11.8 Å². The molecule has 1 atom stereocenters. The number of hydrazine groups is 1. The van der Waals surface area contributed by atoms with Crippen LogP contribution in [-0.4, -0.2) is 22.6 Å². The van der Waals surface area contributed by atoms with Gasteiger partial charge in [0.25, 0.3) is 0 Å². The SMILES string of the molecule is Cc1cc2c(N3CCCCC3C)nc(NN)nc2s1. The minimum absolute atomic E-state index is 0.502. The Balaban J connectivity index is 2.14. The third kappa shape index (κ3) is 2.26. The number of aryl methyl sites for hydroxylation is 1. The highest BCUT2D eigenvalue weighted by atomic mass is 32.1. The van der Waals surface area contributed by atoms with E-state index >= 15 is 0 Å². The number of piperidine rings is 1. The molecule has 6 heteroatoms. The van der Waals surface area contributed by atoms with E-state index in [0.717, 1.165) is 22.6 Å². The monoisotopic (exact) mass is 277 g/mol. The second kappa shape index (κ2) is 4.94. The van der Waals surface area contributed by atoms with E-state index in [-0.39, 0.29) is 0 Å². The van der Waals surface area contributed by atoms with Crippen molar-refractivity contribution in [3.05, 3.63) is 10.9 Å². The van der Waals surface area contributed by atoms with E-state index in [1.165, 1.54) is 24.1 Å². The van der Waals surface area contributed by atoms with E-state index in [1.807, 2.05) is 0 Å². The highest BCUT2D eigenvalue weighted by Gasteiger charge is 2.23. The quantitative estimate of drug-likeness (QED) is 0.652. The number of fused-ring (bicyclic) bond motifs is 1. The van der Waals surface area contributed by atoms with Crippen LogP contribution in [-0.2, 0) is 0 Å². The molecule has 1 aliphatic rings. The van der Waals surface area contributed by atoms with Crippen LogP contribution in [0.2, 0.25) is 0 Å². The molecule has 0 radical (unpaired) electrons. The molecule has 5 nitrogen and oxygen atoms in total. The van der Waals surface area contributed by atoms with Gasteiger partial charge in [-0.3, -0.25) is 5.43 Å². The Morgan fingerprint density at radius 1 is 1.42 bits per heavy atom. The van der Waals surface area contributed by atoms with E-state index in [1.54, 1.807) is 11.3 Å². The molecule has 1 fully saturated rings. The predicted octanol–water partition coefficient (Wildman–Crippen LogP) is 2.66. The lowest BCUT2D eigenvalue weighted by Crippen LogP contribution is -2.38. The first-order chi connectivity index (χ1) is 9.19. The van der Waals surface area contributed by atoms with Crippen LogP contribution in [0, 0.1) is 6.92 Å². The number of rotatable bonds is 2. The van der Waals surface area contributed by atoms with Crippen LogP contribution in [0.1, 0.15) is 31.1 Å². The molecule has 2 aromatic rings. The van der Waals surface area contributed by atoms with Gasteiger partial charge < -0.3 is 4.90 Å². The smallest absolute Gasteiger partial charge is 0.240 e.